The molecule has 1 aliphatic rings. The van der Waals surface area contributed by atoms with Crippen LogP contribution >= 0.6 is 11.3 Å². The lowest BCUT2D eigenvalue weighted by molar-refractivity contribution is 0.102. The van der Waals surface area contributed by atoms with E-state index in [0.29, 0.717) is 34.9 Å². The van der Waals surface area contributed by atoms with Gasteiger partial charge in [-0.25, -0.2) is 8.42 Å². The van der Waals surface area contributed by atoms with Gasteiger partial charge in [0.2, 0.25) is 10.0 Å². The van der Waals surface area contributed by atoms with E-state index < -0.39 is 10.0 Å². The molecule has 2 aromatic carbocycles. The van der Waals surface area contributed by atoms with Crippen LogP contribution in [-0.4, -0.2) is 37.6 Å². The summed E-state index contributed by atoms with van der Waals surface area (Å²) in [4.78, 5) is 25.6. The number of sulfonamides is 1. The van der Waals surface area contributed by atoms with Crippen LogP contribution in [-0.2, 0) is 10.0 Å². The van der Waals surface area contributed by atoms with Crippen LogP contribution in [0.3, 0.4) is 0 Å². The molecule has 0 aliphatic carbocycles. The van der Waals surface area contributed by atoms with E-state index in [9.17, 15) is 18.0 Å². The molecule has 0 radical (unpaired) electrons. The highest BCUT2D eigenvalue weighted by Gasteiger charge is 2.25. The lowest BCUT2D eigenvalue weighted by Gasteiger charge is -2.20. The molecule has 1 aliphatic heterocycles. The van der Waals surface area contributed by atoms with Crippen LogP contribution in [0.5, 0.6) is 0 Å². The van der Waals surface area contributed by atoms with E-state index in [1.54, 1.807) is 54.6 Å². The number of hydrogen-bond donors (Lipinski definition) is 2. The Balaban J connectivity index is 1.42. The molecule has 1 saturated heterocycles. The van der Waals surface area contributed by atoms with E-state index in [1.807, 2.05) is 5.38 Å². The molecule has 2 amide bonds. The van der Waals surface area contributed by atoms with Crippen LogP contribution in [0.2, 0.25) is 0 Å². The predicted molar refractivity (Wildman–Crippen MR) is 130 cm³/mol. The van der Waals surface area contributed by atoms with E-state index in [1.165, 1.54) is 21.7 Å². The number of nitrogens with zero attached hydrogens (tertiary/aromatic N) is 1. The van der Waals surface area contributed by atoms with E-state index in [4.69, 9.17) is 0 Å². The average molecular weight is 484 g/mol. The van der Waals surface area contributed by atoms with Crippen LogP contribution in [0.4, 0.5) is 11.4 Å². The zero-order valence-corrected chi connectivity index (χ0v) is 19.6. The van der Waals surface area contributed by atoms with Gasteiger partial charge in [0.1, 0.15) is 0 Å². The van der Waals surface area contributed by atoms with Crippen molar-refractivity contribution in [3.63, 3.8) is 0 Å². The number of thiophene rings is 1. The molecule has 172 valence electrons. The van der Waals surface area contributed by atoms with Crippen molar-refractivity contribution in [2.24, 2.45) is 0 Å². The molecule has 4 rings (SSSR count). The number of anilines is 2. The molecule has 2 heterocycles. The fourth-order valence-corrected chi connectivity index (χ4v) is 5.86. The molecule has 0 saturated carbocycles. The van der Waals surface area contributed by atoms with Crippen molar-refractivity contribution >= 4 is 44.5 Å². The van der Waals surface area contributed by atoms with Crippen LogP contribution < -0.4 is 10.6 Å². The van der Waals surface area contributed by atoms with Crippen LogP contribution in [0.15, 0.2) is 70.9 Å². The minimum Gasteiger partial charge on any atom is -0.322 e. The second kappa shape index (κ2) is 10.3. The lowest BCUT2D eigenvalue weighted by Crippen LogP contribution is -2.32. The molecule has 1 aromatic heterocycles. The van der Waals surface area contributed by atoms with Gasteiger partial charge in [0, 0.05) is 30.0 Å². The Labute approximate surface area is 197 Å². The van der Waals surface area contributed by atoms with E-state index in [2.05, 4.69) is 10.6 Å². The number of carbonyl (C=O) groups excluding carboxylic acids is 2. The SMILES string of the molecule is O=C(Nc1cccc(S(=O)(=O)N2CCCCCC2)c1)c1ccc(NC(=O)c2cccs2)cc1. The largest absolute Gasteiger partial charge is 0.322 e. The highest BCUT2D eigenvalue weighted by atomic mass is 32.2. The molecule has 9 heteroatoms. The third-order valence-corrected chi connectivity index (χ3v) is 8.21. The van der Waals surface area contributed by atoms with Gasteiger partial charge in [0.05, 0.1) is 9.77 Å². The molecular formula is C24H25N3O4S2. The monoisotopic (exact) mass is 483 g/mol. The van der Waals surface area contributed by atoms with E-state index in [-0.39, 0.29) is 16.7 Å². The van der Waals surface area contributed by atoms with Crippen LogP contribution in [0.1, 0.15) is 45.7 Å². The Bertz CT molecular complexity index is 1210. The summed E-state index contributed by atoms with van der Waals surface area (Å²) >= 11 is 1.35. The Morgan fingerprint density at radius 2 is 1.48 bits per heavy atom. The molecule has 1 fully saturated rings. The van der Waals surface area contributed by atoms with Gasteiger partial charge in [-0.15, -0.1) is 11.3 Å². The fraction of sp³-hybridized carbons (Fsp3) is 0.250. The number of amides is 2. The van der Waals surface area contributed by atoms with Crippen molar-refractivity contribution in [2.75, 3.05) is 23.7 Å². The van der Waals surface area contributed by atoms with Gasteiger partial charge in [0.25, 0.3) is 11.8 Å². The zero-order valence-electron chi connectivity index (χ0n) is 18.0. The standard InChI is InChI=1S/C24H25N3O4S2/c28-23(18-10-12-19(13-11-18)25-24(29)22-9-6-16-32-22)26-20-7-5-8-21(17-20)33(30,31)27-14-3-1-2-4-15-27/h5-13,16-17H,1-4,14-15H2,(H,25,29)(H,26,28). The quantitative estimate of drug-likeness (QED) is 0.526. The molecule has 0 atom stereocenters. The second-order valence-corrected chi connectivity index (χ2v) is 10.7. The lowest BCUT2D eigenvalue weighted by atomic mass is 10.2. The molecule has 3 aromatic rings. The Morgan fingerprint density at radius 3 is 2.15 bits per heavy atom. The van der Waals surface area contributed by atoms with Gasteiger partial charge in [-0.3, -0.25) is 9.59 Å². The Morgan fingerprint density at radius 1 is 0.788 bits per heavy atom. The summed E-state index contributed by atoms with van der Waals surface area (Å²) in [6, 6.07) is 16.4. The minimum absolute atomic E-state index is 0.175. The van der Waals surface area contributed by atoms with Crippen LogP contribution in [0, 0.1) is 0 Å². The van der Waals surface area contributed by atoms with Gasteiger partial charge in [-0.05, 0) is 66.8 Å². The first-order valence-electron chi connectivity index (χ1n) is 10.8. The normalized spacial score (nSPS) is 14.9. The van der Waals surface area contributed by atoms with Crippen LogP contribution in [0.25, 0.3) is 0 Å². The molecule has 33 heavy (non-hydrogen) atoms. The van der Waals surface area contributed by atoms with Crippen molar-refractivity contribution in [2.45, 2.75) is 30.6 Å². The molecule has 0 unspecified atom stereocenters. The first-order valence-corrected chi connectivity index (χ1v) is 13.1. The van der Waals surface area contributed by atoms with Crippen molar-refractivity contribution < 1.29 is 18.0 Å². The van der Waals surface area contributed by atoms with Gasteiger partial charge >= 0.3 is 0 Å². The Kier molecular flexibility index (Phi) is 7.22. The smallest absolute Gasteiger partial charge is 0.265 e. The van der Waals surface area contributed by atoms with Crippen molar-refractivity contribution in [1.82, 2.24) is 4.31 Å². The second-order valence-electron chi connectivity index (χ2n) is 7.81. The first-order chi connectivity index (χ1) is 15.9. The molecule has 7 nitrogen and oxygen atoms in total. The highest BCUT2D eigenvalue weighted by Crippen LogP contribution is 2.23. The minimum atomic E-state index is -3.60. The summed E-state index contributed by atoms with van der Waals surface area (Å²) in [7, 11) is -3.60. The maximum absolute atomic E-state index is 13.0. The van der Waals surface area contributed by atoms with Crippen molar-refractivity contribution in [1.29, 1.82) is 0 Å². The zero-order chi connectivity index (χ0) is 23.3. The molecular weight excluding hydrogens is 458 g/mol. The number of hydrogen-bond acceptors (Lipinski definition) is 5. The third kappa shape index (κ3) is 5.68. The highest BCUT2D eigenvalue weighted by molar-refractivity contribution is 7.89. The van der Waals surface area contributed by atoms with Gasteiger partial charge in [-0.2, -0.15) is 4.31 Å². The summed E-state index contributed by atoms with van der Waals surface area (Å²) in [6.45, 7) is 1.04. The van der Waals surface area contributed by atoms with Crippen molar-refractivity contribution in [3.8, 4) is 0 Å². The number of carbonyl (C=O) groups is 2. The number of nitrogens with one attached hydrogen (secondary N) is 2. The van der Waals surface area contributed by atoms with Gasteiger partial charge in [-0.1, -0.05) is 25.0 Å². The molecule has 0 spiro atoms. The van der Waals surface area contributed by atoms with Crippen molar-refractivity contribution in [3.05, 3.63) is 76.5 Å². The van der Waals surface area contributed by atoms with E-state index in [0.717, 1.165) is 25.7 Å². The summed E-state index contributed by atoms with van der Waals surface area (Å²) in [5.74, 6) is -0.569. The first kappa shape index (κ1) is 23.2. The molecule has 0 bridgehead atoms. The average Bonchev–Trinajstić information content (AvgIpc) is 3.22. The maximum Gasteiger partial charge on any atom is 0.265 e. The summed E-state index contributed by atoms with van der Waals surface area (Å²) in [5.41, 5.74) is 1.38. The third-order valence-electron chi connectivity index (χ3n) is 5.44. The van der Waals surface area contributed by atoms with Gasteiger partial charge in [0.15, 0.2) is 0 Å². The van der Waals surface area contributed by atoms with E-state index >= 15 is 0 Å². The summed E-state index contributed by atoms with van der Waals surface area (Å²) in [5, 5.41) is 7.38. The predicted octanol–water partition coefficient (Wildman–Crippen LogP) is 4.82. The topological polar surface area (TPSA) is 95.6 Å². The fourth-order valence-electron chi connectivity index (χ4n) is 3.67. The summed E-state index contributed by atoms with van der Waals surface area (Å²) in [6.07, 6.45) is 3.80. The summed E-state index contributed by atoms with van der Waals surface area (Å²) < 4.78 is 27.6. The number of rotatable bonds is 6. The Hall–Kier alpha value is -3.01. The molecule has 2 N–H and O–H groups in total. The maximum atomic E-state index is 13.0. The number of benzene rings is 2. The van der Waals surface area contributed by atoms with Gasteiger partial charge < -0.3 is 10.6 Å².